The van der Waals surface area contributed by atoms with E-state index in [9.17, 15) is 4.79 Å². The van der Waals surface area contributed by atoms with Crippen LogP contribution in [0.2, 0.25) is 0 Å². The summed E-state index contributed by atoms with van der Waals surface area (Å²) >= 11 is 0. The van der Waals surface area contributed by atoms with E-state index in [0.717, 1.165) is 11.1 Å². The number of nitrogens with zero attached hydrogens (tertiary/aromatic N) is 3. The Morgan fingerprint density at radius 2 is 1.34 bits per heavy atom. The fourth-order valence-corrected chi connectivity index (χ4v) is 4.94. The standard InChI is InChI=1S/C30H30N4O7/c1-36-23-14-27-25(38-7-9-40-27)11-19(23)16-34(17-20-12-26-28(15-24(20)37-2)41-10-8-39-26)18-21-13-29(35)33-30(32-21)22-5-3-4-6-31-22/h3-6,11-15H,7-10,16-18H2,1-2H3,(H,32,33,35). The first-order valence-electron chi connectivity index (χ1n) is 13.3. The summed E-state index contributed by atoms with van der Waals surface area (Å²) in [5.41, 5.74) is 2.69. The molecule has 11 heteroatoms. The highest BCUT2D eigenvalue weighted by atomic mass is 16.6. The summed E-state index contributed by atoms with van der Waals surface area (Å²) in [6.45, 7) is 3.17. The number of nitrogens with one attached hydrogen (secondary N) is 1. The zero-order valence-electron chi connectivity index (χ0n) is 22.8. The van der Waals surface area contributed by atoms with Crippen LogP contribution in [-0.4, -0.2) is 60.5 Å². The Labute approximate surface area is 236 Å². The summed E-state index contributed by atoms with van der Waals surface area (Å²) < 4.78 is 34.7. The van der Waals surface area contributed by atoms with Crippen LogP contribution in [0.4, 0.5) is 0 Å². The average molecular weight is 559 g/mol. The third-order valence-electron chi connectivity index (χ3n) is 6.77. The highest BCUT2D eigenvalue weighted by molar-refractivity contribution is 5.53. The highest BCUT2D eigenvalue weighted by Gasteiger charge is 2.22. The van der Waals surface area contributed by atoms with Crippen LogP contribution in [-0.2, 0) is 19.6 Å². The zero-order chi connectivity index (χ0) is 28.2. The maximum atomic E-state index is 12.7. The lowest BCUT2D eigenvalue weighted by atomic mass is 10.1. The second-order valence-corrected chi connectivity index (χ2v) is 9.56. The summed E-state index contributed by atoms with van der Waals surface area (Å²) in [6, 6.07) is 14.5. The molecule has 2 aliphatic rings. The predicted octanol–water partition coefficient (Wildman–Crippen LogP) is 3.59. The topological polar surface area (TPSA) is 117 Å². The molecule has 0 aliphatic carbocycles. The normalized spacial score (nSPS) is 13.6. The van der Waals surface area contributed by atoms with Gasteiger partial charge in [-0.15, -0.1) is 0 Å². The SMILES string of the molecule is COc1cc2c(cc1CN(Cc1cc(=O)[nH]c(-c3ccccn3)n1)Cc1cc3c(cc1OC)OCCO3)OCCO2. The van der Waals surface area contributed by atoms with E-state index in [-0.39, 0.29) is 5.56 Å². The van der Waals surface area contributed by atoms with Gasteiger partial charge >= 0.3 is 0 Å². The quantitative estimate of drug-likeness (QED) is 0.327. The minimum atomic E-state index is -0.260. The van der Waals surface area contributed by atoms with Gasteiger partial charge in [-0.3, -0.25) is 14.7 Å². The Balaban J connectivity index is 1.37. The minimum absolute atomic E-state index is 0.260. The van der Waals surface area contributed by atoms with Crippen molar-refractivity contribution in [3.63, 3.8) is 0 Å². The number of methoxy groups -OCH3 is 2. The summed E-state index contributed by atoms with van der Waals surface area (Å²) in [6.07, 6.45) is 1.66. The number of H-pyrrole nitrogens is 1. The van der Waals surface area contributed by atoms with Gasteiger partial charge in [0.1, 0.15) is 43.6 Å². The van der Waals surface area contributed by atoms with Gasteiger partial charge in [0.05, 0.1) is 19.9 Å². The minimum Gasteiger partial charge on any atom is -0.496 e. The molecule has 1 N–H and O–H groups in total. The molecular formula is C30H30N4O7. The molecule has 11 nitrogen and oxygen atoms in total. The number of hydrogen-bond acceptors (Lipinski definition) is 10. The van der Waals surface area contributed by atoms with Crippen molar-refractivity contribution in [3.8, 4) is 46.0 Å². The lowest BCUT2D eigenvalue weighted by molar-refractivity contribution is 0.168. The molecule has 4 heterocycles. The largest absolute Gasteiger partial charge is 0.496 e. The summed E-state index contributed by atoms with van der Waals surface area (Å²) in [7, 11) is 3.25. The van der Waals surface area contributed by atoms with Crippen molar-refractivity contribution in [1.82, 2.24) is 19.9 Å². The first-order valence-corrected chi connectivity index (χ1v) is 13.3. The van der Waals surface area contributed by atoms with Crippen molar-refractivity contribution < 1.29 is 28.4 Å². The van der Waals surface area contributed by atoms with E-state index in [2.05, 4.69) is 14.9 Å². The fourth-order valence-electron chi connectivity index (χ4n) is 4.94. The Hall–Kier alpha value is -4.77. The van der Waals surface area contributed by atoms with Crippen LogP contribution in [0.3, 0.4) is 0 Å². The van der Waals surface area contributed by atoms with Crippen molar-refractivity contribution >= 4 is 0 Å². The summed E-state index contributed by atoms with van der Waals surface area (Å²) in [4.78, 5) is 26.7. The van der Waals surface area contributed by atoms with Crippen molar-refractivity contribution in [2.45, 2.75) is 19.6 Å². The van der Waals surface area contributed by atoms with Gasteiger partial charge in [0, 0.05) is 55.2 Å². The number of ether oxygens (including phenoxy) is 6. The molecule has 0 bridgehead atoms. The second kappa shape index (κ2) is 11.8. The molecule has 0 unspecified atom stereocenters. The molecule has 4 aromatic rings. The molecule has 0 saturated carbocycles. The monoisotopic (exact) mass is 558 g/mol. The number of pyridine rings is 1. The number of benzene rings is 2. The van der Waals surface area contributed by atoms with E-state index in [1.807, 2.05) is 36.4 Å². The Bertz CT molecular complexity index is 1520. The second-order valence-electron chi connectivity index (χ2n) is 9.56. The van der Waals surface area contributed by atoms with Gasteiger partial charge in [-0.05, 0) is 24.3 Å². The Morgan fingerprint density at radius 1 is 0.780 bits per heavy atom. The molecule has 0 spiro atoms. The van der Waals surface area contributed by atoms with Gasteiger partial charge in [-0.2, -0.15) is 0 Å². The Kier molecular flexibility index (Phi) is 7.59. The van der Waals surface area contributed by atoms with Gasteiger partial charge in [0.25, 0.3) is 5.56 Å². The van der Waals surface area contributed by atoms with E-state index < -0.39 is 0 Å². The maximum Gasteiger partial charge on any atom is 0.251 e. The van der Waals surface area contributed by atoms with E-state index in [4.69, 9.17) is 33.4 Å². The number of rotatable bonds is 9. The van der Waals surface area contributed by atoms with E-state index in [0.29, 0.717) is 97.8 Å². The summed E-state index contributed by atoms with van der Waals surface area (Å²) in [5, 5.41) is 0. The fraction of sp³-hybridized carbons (Fsp3) is 0.300. The molecule has 0 atom stereocenters. The van der Waals surface area contributed by atoms with Crippen LogP contribution in [0, 0.1) is 0 Å². The maximum absolute atomic E-state index is 12.7. The van der Waals surface area contributed by atoms with Crippen molar-refractivity contribution in [2.24, 2.45) is 0 Å². The lowest BCUT2D eigenvalue weighted by Gasteiger charge is -2.27. The molecule has 2 aromatic heterocycles. The first kappa shape index (κ1) is 26.5. The molecule has 0 saturated heterocycles. The van der Waals surface area contributed by atoms with Gasteiger partial charge in [0.15, 0.2) is 28.8 Å². The smallest absolute Gasteiger partial charge is 0.251 e. The van der Waals surface area contributed by atoms with E-state index in [1.54, 1.807) is 26.5 Å². The highest BCUT2D eigenvalue weighted by Crippen LogP contribution is 2.39. The van der Waals surface area contributed by atoms with Gasteiger partial charge < -0.3 is 33.4 Å². The molecule has 6 rings (SSSR count). The zero-order valence-corrected chi connectivity index (χ0v) is 22.8. The molecule has 0 amide bonds. The first-order chi connectivity index (χ1) is 20.1. The molecule has 0 radical (unpaired) electrons. The molecule has 41 heavy (non-hydrogen) atoms. The summed E-state index contributed by atoms with van der Waals surface area (Å²) in [5.74, 6) is 4.36. The van der Waals surface area contributed by atoms with Crippen molar-refractivity contribution in [1.29, 1.82) is 0 Å². The van der Waals surface area contributed by atoms with Crippen LogP contribution in [0.5, 0.6) is 34.5 Å². The van der Waals surface area contributed by atoms with Crippen LogP contribution in [0.25, 0.3) is 11.5 Å². The van der Waals surface area contributed by atoms with E-state index >= 15 is 0 Å². The molecule has 2 aromatic carbocycles. The van der Waals surface area contributed by atoms with Crippen molar-refractivity contribution in [3.05, 3.63) is 81.9 Å². The predicted molar refractivity (Wildman–Crippen MR) is 149 cm³/mol. The number of hydrogen-bond donors (Lipinski definition) is 1. The van der Waals surface area contributed by atoms with Gasteiger partial charge in [-0.1, -0.05) is 6.07 Å². The van der Waals surface area contributed by atoms with Crippen LogP contribution in [0.15, 0.2) is 59.5 Å². The van der Waals surface area contributed by atoms with Crippen LogP contribution >= 0.6 is 0 Å². The third-order valence-corrected chi connectivity index (χ3v) is 6.77. The molecule has 2 aliphatic heterocycles. The lowest BCUT2D eigenvalue weighted by Crippen LogP contribution is -2.25. The molecule has 212 valence electrons. The molecule has 0 fully saturated rings. The number of fused-ring (bicyclic) bond motifs is 2. The van der Waals surface area contributed by atoms with Gasteiger partial charge in [-0.25, -0.2) is 4.98 Å². The van der Waals surface area contributed by atoms with Crippen LogP contribution in [0.1, 0.15) is 16.8 Å². The van der Waals surface area contributed by atoms with Gasteiger partial charge in [0.2, 0.25) is 0 Å². The Morgan fingerprint density at radius 3 is 1.85 bits per heavy atom. The molecular weight excluding hydrogens is 528 g/mol. The number of aromatic amines is 1. The van der Waals surface area contributed by atoms with Crippen LogP contribution < -0.4 is 34.0 Å². The number of aromatic nitrogens is 3. The van der Waals surface area contributed by atoms with Crippen molar-refractivity contribution in [2.75, 3.05) is 40.6 Å². The third kappa shape index (κ3) is 5.90. The average Bonchev–Trinajstić information content (AvgIpc) is 3.00. The van der Waals surface area contributed by atoms with E-state index in [1.165, 1.54) is 6.07 Å².